The first-order valence-corrected chi connectivity index (χ1v) is 10.3. The van der Waals surface area contributed by atoms with E-state index in [9.17, 15) is 19.7 Å². The monoisotopic (exact) mass is 406 g/mol. The molecule has 1 N–H and O–H groups in total. The number of fused-ring (bicyclic) bond motifs is 1. The molecule has 0 bridgehead atoms. The summed E-state index contributed by atoms with van der Waals surface area (Å²) in [5.74, 6) is 0.186. The number of rotatable bonds is 7. The van der Waals surface area contributed by atoms with Crippen molar-refractivity contribution in [3.63, 3.8) is 0 Å². The minimum Gasteiger partial charge on any atom is -0.465 e. The predicted molar refractivity (Wildman–Crippen MR) is 106 cm³/mol. The van der Waals surface area contributed by atoms with Gasteiger partial charge < -0.3 is 10.1 Å². The van der Waals surface area contributed by atoms with Crippen molar-refractivity contribution in [1.82, 2.24) is 0 Å². The smallest absolute Gasteiger partial charge is 0.341 e. The molecule has 3 rings (SSSR count). The van der Waals surface area contributed by atoms with Gasteiger partial charge in [-0.25, -0.2) is 4.79 Å². The van der Waals surface area contributed by atoms with E-state index in [1.165, 1.54) is 42.3 Å². The summed E-state index contributed by atoms with van der Waals surface area (Å²) in [7, 11) is 1.34. The number of non-ortho nitro benzene ring substituents is 1. The van der Waals surface area contributed by atoms with E-state index in [0.29, 0.717) is 16.3 Å². The molecule has 1 aromatic carbocycles. The Bertz CT molecular complexity index is 877. The van der Waals surface area contributed by atoms with Gasteiger partial charge in [0.2, 0.25) is 5.91 Å². The van der Waals surface area contributed by atoms with E-state index in [-0.39, 0.29) is 17.3 Å². The Labute approximate surface area is 164 Å². The van der Waals surface area contributed by atoms with E-state index >= 15 is 0 Å². The lowest BCUT2D eigenvalue weighted by Crippen LogP contribution is -2.16. The van der Waals surface area contributed by atoms with Crippen LogP contribution in [-0.2, 0) is 28.1 Å². The largest absolute Gasteiger partial charge is 0.465 e. The van der Waals surface area contributed by atoms with Gasteiger partial charge in [-0.3, -0.25) is 14.9 Å². The molecule has 0 atom stereocenters. The van der Waals surface area contributed by atoms with Crippen LogP contribution >= 0.6 is 23.1 Å². The van der Waals surface area contributed by atoms with Crippen molar-refractivity contribution in [2.45, 2.75) is 25.0 Å². The number of methoxy groups -OCH3 is 1. The number of nitro benzene ring substituents is 1. The van der Waals surface area contributed by atoms with Gasteiger partial charge in [0.15, 0.2) is 0 Å². The average molecular weight is 406 g/mol. The maximum absolute atomic E-state index is 12.3. The molecule has 27 heavy (non-hydrogen) atoms. The average Bonchev–Trinajstić information content (AvgIpc) is 3.22. The van der Waals surface area contributed by atoms with Crippen LogP contribution in [0.1, 0.15) is 32.8 Å². The number of carbonyl (C=O) groups excluding carboxylic acids is 2. The SMILES string of the molecule is COC(=O)c1c(NC(=O)CSCc2ccc([N+](=O)[O-])cc2)sc2c1CCC2. The molecule has 1 aromatic heterocycles. The molecule has 9 heteroatoms. The highest BCUT2D eigenvalue weighted by Gasteiger charge is 2.27. The first-order valence-electron chi connectivity index (χ1n) is 8.33. The second kappa shape index (κ2) is 8.53. The number of benzene rings is 1. The van der Waals surface area contributed by atoms with Gasteiger partial charge >= 0.3 is 5.97 Å². The maximum Gasteiger partial charge on any atom is 0.341 e. The number of nitro groups is 1. The van der Waals surface area contributed by atoms with E-state index in [1.54, 1.807) is 12.1 Å². The zero-order valence-electron chi connectivity index (χ0n) is 14.6. The number of thiophene rings is 1. The number of nitrogens with zero attached hydrogens (tertiary/aromatic N) is 1. The standard InChI is InChI=1S/C18H18N2O5S2/c1-25-18(22)16-13-3-2-4-14(13)27-17(16)19-15(21)10-26-9-11-5-7-12(8-6-11)20(23)24/h5-8H,2-4,9-10H2,1H3,(H,19,21). The third-order valence-electron chi connectivity index (χ3n) is 4.21. The van der Waals surface area contributed by atoms with Gasteiger partial charge in [-0.1, -0.05) is 12.1 Å². The zero-order chi connectivity index (χ0) is 19.4. The summed E-state index contributed by atoms with van der Waals surface area (Å²) in [4.78, 5) is 35.7. The van der Waals surface area contributed by atoms with Crippen LogP contribution in [0.25, 0.3) is 0 Å². The van der Waals surface area contributed by atoms with Crippen LogP contribution in [-0.4, -0.2) is 29.7 Å². The summed E-state index contributed by atoms with van der Waals surface area (Å²) in [6.07, 6.45) is 2.78. The van der Waals surface area contributed by atoms with Crippen molar-refractivity contribution >= 4 is 45.7 Å². The van der Waals surface area contributed by atoms with Crippen molar-refractivity contribution in [3.05, 3.63) is 55.9 Å². The van der Waals surface area contributed by atoms with E-state index in [2.05, 4.69) is 5.32 Å². The Hall–Kier alpha value is -2.39. The van der Waals surface area contributed by atoms with Crippen LogP contribution in [0.4, 0.5) is 10.7 Å². The van der Waals surface area contributed by atoms with Gasteiger partial charge in [0.25, 0.3) is 5.69 Å². The summed E-state index contributed by atoms with van der Waals surface area (Å²) in [6.45, 7) is 0. The van der Waals surface area contributed by atoms with Crippen molar-refractivity contribution in [2.75, 3.05) is 18.2 Å². The van der Waals surface area contributed by atoms with Crippen molar-refractivity contribution < 1.29 is 19.2 Å². The summed E-state index contributed by atoms with van der Waals surface area (Å²) < 4.78 is 4.87. The highest BCUT2D eigenvalue weighted by Crippen LogP contribution is 2.39. The fourth-order valence-corrected chi connectivity index (χ4v) is 5.03. The number of ether oxygens (including phenoxy) is 1. The van der Waals surface area contributed by atoms with Crippen LogP contribution in [0.3, 0.4) is 0 Å². The Morgan fingerprint density at radius 3 is 2.70 bits per heavy atom. The molecule has 0 aliphatic heterocycles. The summed E-state index contributed by atoms with van der Waals surface area (Å²) >= 11 is 2.85. The fourth-order valence-electron chi connectivity index (χ4n) is 2.95. The van der Waals surface area contributed by atoms with Crippen LogP contribution in [0.5, 0.6) is 0 Å². The first-order chi connectivity index (χ1) is 13.0. The molecule has 1 heterocycles. The molecule has 7 nitrogen and oxygen atoms in total. The molecule has 0 radical (unpaired) electrons. The predicted octanol–water partition coefficient (Wildman–Crippen LogP) is 3.80. The van der Waals surface area contributed by atoms with Gasteiger partial charge in [0, 0.05) is 22.8 Å². The normalized spacial score (nSPS) is 12.5. The van der Waals surface area contributed by atoms with Crippen molar-refractivity contribution in [2.24, 2.45) is 0 Å². The number of hydrogen-bond donors (Lipinski definition) is 1. The number of nitrogens with one attached hydrogen (secondary N) is 1. The molecule has 1 aliphatic carbocycles. The van der Waals surface area contributed by atoms with E-state index in [1.807, 2.05) is 0 Å². The van der Waals surface area contributed by atoms with Crippen molar-refractivity contribution in [1.29, 1.82) is 0 Å². The van der Waals surface area contributed by atoms with E-state index in [0.717, 1.165) is 35.3 Å². The van der Waals surface area contributed by atoms with Crippen LogP contribution in [0.15, 0.2) is 24.3 Å². The molecule has 1 aliphatic rings. The van der Waals surface area contributed by atoms with Gasteiger partial charge in [-0.15, -0.1) is 23.1 Å². The minimum absolute atomic E-state index is 0.0441. The Kier molecular flexibility index (Phi) is 6.12. The van der Waals surface area contributed by atoms with Gasteiger partial charge in [0.05, 0.1) is 23.3 Å². The molecule has 0 saturated heterocycles. The highest BCUT2D eigenvalue weighted by molar-refractivity contribution is 7.99. The van der Waals surface area contributed by atoms with Crippen LogP contribution < -0.4 is 5.32 Å². The topological polar surface area (TPSA) is 98.5 Å². The molecule has 2 aromatic rings. The number of carbonyl (C=O) groups is 2. The first kappa shape index (κ1) is 19.4. The van der Waals surface area contributed by atoms with Gasteiger partial charge in [-0.05, 0) is 30.4 Å². The van der Waals surface area contributed by atoms with Gasteiger partial charge in [-0.2, -0.15) is 0 Å². The molecule has 0 spiro atoms. The van der Waals surface area contributed by atoms with Crippen LogP contribution in [0, 0.1) is 10.1 Å². The number of thioether (sulfide) groups is 1. The van der Waals surface area contributed by atoms with Gasteiger partial charge in [0.1, 0.15) is 5.00 Å². The second-order valence-electron chi connectivity index (χ2n) is 6.02. The molecule has 0 unspecified atom stereocenters. The number of hydrogen-bond acceptors (Lipinski definition) is 7. The zero-order valence-corrected chi connectivity index (χ0v) is 16.3. The molecule has 1 amide bonds. The van der Waals surface area contributed by atoms with Crippen molar-refractivity contribution in [3.8, 4) is 0 Å². The number of anilines is 1. The summed E-state index contributed by atoms with van der Waals surface area (Å²) in [5, 5.41) is 14.1. The number of aryl methyl sites for hydroxylation is 1. The van der Waals surface area contributed by atoms with E-state index < -0.39 is 10.9 Å². The third kappa shape index (κ3) is 4.48. The quantitative estimate of drug-likeness (QED) is 0.427. The lowest BCUT2D eigenvalue weighted by Gasteiger charge is -2.07. The summed E-state index contributed by atoms with van der Waals surface area (Å²) in [6, 6.07) is 6.27. The summed E-state index contributed by atoms with van der Waals surface area (Å²) in [5.41, 5.74) is 2.44. The maximum atomic E-state index is 12.3. The molecule has 142 valence electrons. The molecule has 0 saturated carbocycles. The third-order valence-corrected chi connectivity index (χ3v) is 6.42. The van der Waals surface area contributed by atoms with Crippen LogP contribution in [0.2, 0.25) is 0 Å². The Morgan fingerprint density at radius 2 is 2.04 bits per heavy atom. The Morgan fingerprint density at radius 1 is 1.30 bits per heavy atom. The molecular weight excluding hydrogens is 388 g/mol. The molecular formula is C18H18N2O5S2. The minimum atomic E-state index is -0.443. The fraction of sp³-hybridized carbons (Fsp3) is 0.333. The number of esters is 1. The highest BCUT2D eigenvalue weighted by atomic mass is 32.2. The lowest BCUT2D eigenvalue weighted by molar-refractivity contribution is -0.384. The number of amides is 1. The lowest BCUT2D eigenvalue weighted by atomic mass is 10.1. The second-order valence-corrected chi connectivity index (χ2v) is 8.11. The Balaban J connectivity index is 1.57. The van der Waals surface area contributed by atoms with E-state index in [4.69, 9.17) is 4.74 Å². The molecule has 0 fully saturated rings.